The Balaban J connectivity index is 1.78. The number of terminal acetylenes is 1. The van der Waals surface area contributed by atoms with Crippen molar-refractivity contribution < 1.29 is 14.0 Å². The molecule has 1 aromatic carbocycles. The summed E-state index contributed by atoms with van der Waals surface area (Å²) in [6.07, 6.45) is 6.67. The van der Waals surface area contributed by atoms with Crippen LogP contribution < -0.4 is 10.6 Å². The van der Waals surface area contributed by atoms with Gasteiger partial charge in [0.15, 0.2) is 11.5 Å². The standard InChI is InChI=1S/C18H14N4O3/c1-2-9-19-17(23)12-6-3-4-7-13(12)20-18(24)15-11-14(21-22-15)16-8-5-10-25-16/h1,3-8,10-11H,9H2,(H,19,23)(H,20,24)(H,21,22). The lowest BCUT2D eigenvalue weighted by Crippen LogP contribution is -2.25. The Bertz CT molecular complexity index is 935. The van der Waals surface area contributed by atoms with Crippen molar-refractivity contribution in [1.29, 1.82) is 0 Å². The number of furan rings is 1. The number of nitrogens with zero attached hydrogens (tertiary/aromatic N) is 1. The van der Waals surface area contributed by atoms with Crippen molar-refractivity contribution in [3.63, 3.8) is 0 Å². The predicted octanol–water partition coefficient (Wildman–Crippen LogP) is 2.29. The largest absolute Gasteiger partial charge is 0.463 e. The van der Waals surface area contributed by atoms with Gasteiger partial charge >= 0.3 is 0 Å². The second kappa shape index (κ2) is 7.19. The Morgan fingerprint density at radius 3 is 2.80 bits per heavy atom. The molecule has 0 aliphatic carbocycles. The molecule has 0 atom stereocenters. The maximum absolute atomic E-state index is 12.4. The fourth-order valence-electron chi connectivity index (χ4n) is 2.20. The molecule has 0 radical (unpaired) electrons. The number of aromatic nitrogens is 2. The van der Waals surface area contributed by atoms with Gasteiger partial charge in [-0.15, -0.1) is 6.42 Å². The number of carbonyl (C=O) groups is 2. The fraction of sp³-hybridized carbons (Fsp3) is 0.0556. The van der Waals surface area contributed by atoms with E-state index in [0.29, 0.717) is 22.7 Å². The van der Waals surface area contributed by atoms with Crippen LogP contribution in [0.15, 0.2) is 53.1 Å². The molecule has 3 rings (SSSR count). The molecule has 124 valence electrons. The molecule has 7 heteroatoms. The minimum Gasteiger partial charge on any atom is -0.463 e. The number of amides is 2. The van der Waals surface area contributed by atoms with E-state index in [1.165, 1.54) is 6.26 Å². The number of para-hydroxylation sites is 1. The van der Waals surface area contributed by atoms with Crippen LogP contribution >= 0.6 is 0 Å². The summed E-state index contributed by atoms with van der Waals surface area (Å²) in [7, 11) is 0. The van der Waals surface area contributed by atoms with E-state index in [4.69, 9.17) is 10.8 Å². The first-order valence-electron chi connectivity index (χ1n) is 7.40. The summed E-state index contributed by atoms with van der Waals surface area (Å²) in [5.41, 5.74) is 1.43. The number of benzene rings is 1. The highest BCUT2D eigenvalue weighted by atomic mass is 16.3. The molecule has 2 heterocycles. The summed E-state index contributed by atoms with van der Waals surface area (Å²) in [4.78, 5) is 24.5. The second-order valence-electron chi connectivity index (χ2n) is 5.03. The molecule has 0 aliphatic rings. The number of aromatic amines is 1. The quantitative estimate of drug-likeness (QED) is 0.623. The van der Waals surface area contributed by atoms with Gasteiger partial charge in [0, 0.05) is 6.07 Å². The third-order valence-electron chi connectivity index (χ3n) is 3.37. The van der Waals surface area contributed by atoms with Crippen LogP contribution in [0.4, 0.5) is 5.69 Å². The number of nitrogens with one attached hydrogen (secondary N) is 3. The van der Waals surface area contributed by atoms with Crippen LogP contribution in [0.3, 0.4) is 0 Å². The molecule has 0 aliphatic heterocycles. The van der Waals surface area contributed by atoms with Crippen molar-refractivity contribution in [1.82, 2.24) is 15.5 Å². The van der Waals surface area contributed by atoms with Crippen LogP contribution in [0, 0.1) is 12.3 Å². The van der Waals surface area contributed by atoms with Crippen molar-refractivity contribution in [3.8, 4) is 23.8 Å². The van der Waals surface area contributed by atoms with Crippen molar-refractivity contribution in [2.24, 2.45) is 0 Å². The summed E-state index contributed by atoms with van der Waals surface area (Å²) >= 11 is 0. The molecule has 7 nitrogen and oxygen atoms in total. The Hall–Kier alpha value is -3.79. The normalized spacial score (nSPS) is 10.0. The first kappa shape index (κ1) is 16.1. The van der Waals surface area contributed by atoms with Gasteiger partial charge in [0.2, 0.25) is 0 Å². The van der Waals surface area contributed by atoms with E-state index in [9.17, 15) is 9.59 Å². The number of rotatable bonds is 5. The molecule has 0 spiro atoms. The molecule has 2 aromatic heterocycles. The van der Waals surface area contributed by atoms with E-state index < -0.39 is 5.91 Å². The molecule has 0 bridgehead atoms. The lowest BCUT2D eigenvalue weighted by Gasteiger charge is -2.09. The lowest BCUT2D eigenvalue weighted by atomic mass is 10.1. The molecular formula is C18H14N4O3. The topological polar surface area (TPSA) is 100 Å². The highest BCUT2D eigenvalue weighted by molar-refractivity contribution is 6.08. The van der Waals surface area contributed by atoms with E-state index in [1.54, 1.807) is 42.5 Å². The number of hydrogen-bond acceptors (Lipinski definition) is 4. The Morgan fingerprint density at radius 1 is 1.20 bits per heavy atom. The minimum absolute atomic E-state index is 0.104. The summed E-state index contributed by atoms with van der Waals surface area (Å²) in [6.45, 7) is 0.104. The van der Waals surface area contributed by atoms with Crippen LogP contribution in [0.25, 0.3) is 11.5 Å². The molecule has 2 amide bonds. The van der Waals surface area contributed by atoms with Gasteiger partial charge in [-0.2, -0.15) is 5.10 Å². The molecule has 3 aromatic rings. The van der Waals surface area contributed by atoms with Crippen LogP contribution in [-0.4, -0.2) is 28.6 Å². The average molecular weight is 334 g/mol. The summed E-state index contributed by atoms with van der Waals surface area (Å²) in [5, 5.41) is 11.9. The van der Waals surface area contributed by atoms with Crippen molar-refractivity contribution >= 4 is 17.5 Å². The van der Waals surface area contributed by atoms with Gasteiger partial charge in [-0.25, -0.2) is 0 Å². The molecule has 25 heavy (non-hydrogen) atoms. The van der Waals surface area contributed by atoms with E-state index >= 15 is 0 Å². The van der Waals surface area contributed by atoms with E-state index in [-0.39, 0.29) is 18.1 Å². The molecular weight excluding hydrogens is 320 g/mol. The van der Waals surface area contributed by atoms with Gasteiger partial charge in [0.1, 0.15) is 5.69 Å². The van der Waals surface area contributed by atoms with Gasteiger partial charge in [0.25, 0.3) is 11.8 Å². The number of H-pyrrole nitrogens is 1. The second-order valence-corrected chi connectivity index (χ2v) is 5.03. The predicted molar refractivity (Wildman–Crippen MR) is 91.9 cm³/mol. The highest BCUT2D eigenvalue weighted by Gasteiger charge is 2.16. The van der Waals surface area contributed by atoms with E-state index in [0.717, 1.165) is 0 Å². The van der Waals surface area contributed by atoms with Crippen molar-refractivity contribution in [2.75, 3.05) is 11.9 Å². The van der Waals surface area contributed by atoms with Gasteiger partial charge in [-0.05, 0) is 24.3 Å². The molecule has 0 saturated heterocycles. The first-order valence-corrected chi connectivity index (χ1v) is 7.40. The van der Waals surface area contributed by atoms with E-state index in [2.05, 4.69) is 26.8 Å². The van der Waals surface area contributed by atoms with Crippen LogP contribution in [0.2, 0.25) is 0 Å². The third-order valence-corrected chi connectivity index (χ3v) is 3.37. The smallest absolute Gasteiger partial charge is 0.276 e. The average Bonchev–Trinajstić information content (AvgIpc) is 3.31. The maximum atomic E-state index is 12.4. The SMILES string of the molecule is C#CCNC(=O)c1ccccc1NC(=O)c1cc(-c2ccco2)[nH]n1. The van der Waals surface area contributed by atoms with Crippen LogP contribution in [0.5, 0.6) is 0 Å². The summed E-state index contributed by atoms with van der Waals surface area (Å²) in [6, 6.07) is 11.7. The molecule has 0 saturated carbocycles. The molecule has 0 fully saturated rings. The van der Waals surface area contributed by atoms with Crippen LogP contribution in [0.1, 0.15) is 20.8 Å². The highest BCUT2D eigenvalue weighted by Crippen LogP contribution is 2.19. The maximum Gasteiger partial charge on any atom is 0.276 e. The van der Waals surface area contributed by atoms with Crippen molar-refractivity contribution in [3.05, 3.63) is 60.0 Å². The zero-order valence-electron chi connectivity index (χ0n) is 13.1. The Morgan fingerprint density at radius 2 is 2.04 bits per heavy atom. The number of anilines is 1. The molecule has 0 unspecified atom stereocenters. The van der Waals surface area contributed by atoms with Crippen molar-refractivity contribution in [2.45, 2.75) is 0 Å². The number of hydrogen-bond donors (Lipinski definition) is 3. The zero-order valence-corrected chi connectivity index (χ0v) is 13.1. The zero-order chi connectivity index (χ0) is 17.6. The molecule has 3 N–H and O–H groups in total. The van der Waals surface area contributed by atoms with Gasteiger partial charge in [0.05, 0.1) is 24.1 Å². The van der Waals surface area contributed by atoms with E-state index in [1.807, 2.05) is 0 Å². The van der Waals surface area contributed by atoms with Gasteiger partial charge in [-0.1, -0.05) is 18.1 Å². The summed E-state index contributed by atoms with van der Waals surface area (Å²) < 4.78 is 5.25. The monoisotopic (exact) mass is 334 g/mol. The third kappa shape index (κ3) is 3.59. The van der Waals surface area contributed by atoms with Gasteiger partial charge in [-0.3, -0.25) is 14.7 Å². The Labute approximate surface area is 143 Å². The van der Waals surface area contributed by atoms with Gasteiger partial charge < -0.3 is 15.1 Å². The lowest BCUT2D eigenvalue weighted by molar-refractivity contribution is 0.0959. The Kier molecular flexibility index (Phi) is 4.62. The van der Waals surface area contributed by atoms with Crippen LogP contribution in [-0.2, 0) is 0 Å². The number of carbonyl (C=O) groups excluding carboxylic acids is 2. The summed E-state index contributed by atoms with van der Waals surface area (Å²) in [5.74, 6) is 2.08. The fourth-order valence-corrected chi connectivity index (χ4v) is 2.20. The first-order chi connectivity index (χ1) is 12.2. The minimum atomic E-state index is -0.453.